The van der Waals surface area contributed by atoms with E-state index in [4.69, 9.17) is 22.9 Å². The molecule has 0 fully saturated rings. The smallest absolute Gasteiger partial charge is 0.262 e. The summed E-state index contributed by atoms with van der Waals surface area (Å²) in [5.41, 5.74) is 7.72. The van der Waals surface area contributed by atoms with E-state index in [0.717, 1.165) is 20.8 Å². The number of thiophene rings is 1. The van der Waals surface area contributed by atoms with Gasteiger partial charge in [-0.05, 0) is 25.0 Å². The minimum absolute atomic E-state index is 0.0596. The average Bonchev–Trinajstić information content (AvgIpc) is 2.79. The molecular formula is C17H17N3OS2. The van der Waals surface area contributed by atoms with Gasteiger partial charge in [0.1, 0.15) is 10.7 Å². The van der Waals surface area contributed by atoms with Crippen LogP contribution in [0.5, 0.6) is 0 Å². The maximum Gasteiger partial charge on any atom is 0.262 e. The van der Waals surface area contributed by atoms with Gasteiger partial charge in [0.15, 0.2) is 0 Å². The number of hydrogen-bond donors (Lipinski definition) is 1. The van der Waals surface area contributed by atoms with E-state index >= 15 is 0 Å². The van der Waals surface area contributed by atoms with Crippen LogP contribution in [0.4, 0.5) is 0 Å². The van der Waals surface area contributed by atoms with Gasteiger partial charge in [-0.25, -0.2) is 4.98 Å². The lowest BCUT2D eigenvalue weighted by molar-refractivity contribution is 0.729. The maximum atomic E-state index is 12.9. The van der Waals surface area contributed by atoms with E-state index in [2.05, 4.69) is 0 Å². The predicted molar refractivity (Wildman–Crippen MR) is 99.4 cm³/mol. The standard InChI is InChI=1S/C17H17N3OS2/c1-10-11(2)23-16-15(10)17(21)20(9-13(18)22)14(19-16)8-12-6-4-3-5-7-12/h3-7H,8-9H2,1-2H3,(H2,18,22). The number of fused-ring (bicyclic) bond motifs is 1. The van der Waals surface area contributed by atoms with Gasteiger partial charge >= 0.3 is 0 Å². The van der Waals surface area contributed by atoms with Crippen LogP contribution in [0.2, 0.25) is 0 Å². The normalized spacial score (nSPS) is 11.0. The summed E-state index contributed by atoms with van der Waals surface area (Å²) in [5.74, 6) is 0.697. The second-order valence-corrected chi connectivity index (χ2v) is 7.24. The van der Waals surface area contributed by atoms with E-state index in [-0.39, 0.29) is 17.1 Å². The molecule has 2 heterocycles. The van der Waals surface area contributed by atoms with Gasteiger partial charge in [-0.15, -0.1) is 11.3 Å². The van der Waals surface area contributed by atoms with Gasteiger partial charge in [-0.2, -0.15) is 0 Å². The van der Waals surface area contributed by atoms with Crippen molar-refractivity contribution in [2.45, 2.75) is 26.8 Å². The number of nitrogens with zero attached hydrogens (tertiary/aromatic N) is 2. The zero-order valence-electron chi connectivity index (χ0n) is 13.0. The molecule has 23 heavy (non-hydrogen) atoms. The molecule has 0 unspecified atom stereocenters. The molecular weight excluding hydrogens is 326 g/mol. The average molecular weight is 343 g/mol. The first kappa shape index (κ1) is 15.8. The highest BCUT2D eigenvalue weighted by molar-refractivity contribution is 7.80. The van der Waals surface area contributed by atoms with E-state index < -0.39 is 0 Å². The van der Waals surface area contributed by atoms with Crippen LogP contribution >= 0.6 is 23.6 Å². The van der Waals surface area contributed by atoms with Gasteiger partial charge in [-0.1, -0.05) is 42.5 Å². The van der Waals surface area contributed by atoms with Gasteiger partial charge in [-0.3, -0.25) is 9.36 Å². The first-order valence-corrected chi connectivity index (χ1v) is 8.51. The summed E-state index contributed by atoms with van der Waals surface area (Å²) in [7, 11) is 0. The Labute approximate surface area is 143 Å². The van der Waals surface area contributed by atoms with Crippen molar-refractivity contribution in [1.29, 1.82) is 0 Å². The van der Waals surface area contributed by atoms with Crippen molar-refractivity contribution in [2.24, 2.45) is 5.73 Å². The molecule has 0 spiro atoms. The molecule has 3 aromatic rings. The fraction of sp³-hybridized carbons (Fsp3) is 0.235. The molecule has 0 bridgehead atoms. The summed E-state index contributed by atoms with van der Waals surface area (Å²) in [4.78, 5) is 19.8. The molecule has 0 aliphatic rings. The van der Waals surface area contributed by atoms with Gasteiger partial charge in [0.25, 0.3) is 5.56 Å². The van der Waals surface area contributed by atoms with Crippen LogP contribution in [0.15, 0.2) is 35.1 Å². The fourth-order valence-corrected chi connectivity index (χ4v) is 3.77. The largest absolute Gasteiger partial charge is 0.392 e. The van der Waals surface area contributed by atoms with Crippen LogP contribution < -0.4 is 11.3 Å². The number of thiocarbonyl (C=S) groups is 1. The van der Waals surface area contributed by atoms with Gasteiger partial charge in [0, 0.05) is 11.3 Å². The SMILES string of the molecule is Cc1sc2nc(Cc3ccccc3)n(CC(N)=S)c(=O)c2c1C. The van der Waals surface area contributed by atoms with Crippen molar-refractivity contribution in [3.8, 4) is 0 Å². The molecule has 2 N–H and O–H groups in total. The Bertz CT molecular complexity index is 942. The highest BCUT2D eigenvalue weighted by atomic mass is 32.1. The molecule has 4 nitrogen and oxygen atoms in total. The summed E-state index contributed by atoms with van der Waals surface area (Å²) in [6.45, 7) is 4.18. The molecule has 2 aromatic heterocycles. The van der Waals surface area contributed by atoms with E-state index in [1.54, 1.807) is 15.9 Å². The third-order valence-corrected chi connectivity index (χ3v) is 5.12. The highest BCUT2D eigenvalue weighted by Gasteiger charge is 2.17. The van der Waals surface area contributed by atoms with Crippen molar-refractivity contribution < 1.29 is 0 Å². The molecule has 0 atom stereocenters. The molecule has 0 saturated carbocycles. The highest BCUT2D eigenvalue weighted by Crippen LogP contribution is 2.26. The number of aryl methyl sites for hydroxylation is 2. The Kier molecular flexibility index (Phi) is 4.28. The van der Waals surface area contributed by atoms with E-state index in [1.165, 1.54) is 0 Å². The van der Waals surface area contributed by atoms with E-state index in [0.29, 0.717) is 17.6 Å². The van der Waals surface area contributed by atoms with Crippen LogP contribution in [0.1, 0.15) is 21.8 Å². The Morgan fingerprint density at radius 3 is 2.65 bits per heavy atom. The second-order valence-electron chi connectivity index (χ2n) is 5.51. The number of aromatic nitrogens is 2. The Morgan fingerprint density at radius 1 is 1.30 bits per heavy atom. The minimum atomic E-state index is -0.0596. The van der Waals surface area contributed by atoms with Gasteiger partial charge in [0.05, 0.1) is 16.9 Å². The minimum Gasteiger partial charge on any atom is -0.392 e. The Hall–Kier alpha value is -2.05. The number of hydrogen-bond acceptors (Lipinski definition) is 4. The van der Waals surface area contributed by atoms with Crippen LogP contribution in [0.3, 0.4) is 0 Å². The van der Waals surface area contributed by atoms with Crippen LogP contribution in [0.25, 0.3) is 10.2 Å². The molecule has 6 heteroatoms. The summed E-state index contributed by atoms with van der Waals surface area (Å²) in [5, 5.41) is 0.681. The second kappa shape index (κ2) is 6.22. The van der Waals surface area contributed by atoms with Crippen molar-refractivity contribution in [3.05, 3.63) is 62.5 Å². The molecule has 3 rings (SSSR count). The molecule has 118 valence electrons. The summed E-state index contributed by atoms with van der Waals surface area (Å²) in [6, 6.07) is 9.96. The summed E-state index contributed by atoms with van der Waals surface area (Å²) < 4.78 is 1.61. The Morgan fingerprint density at radius 2 is 2.00 bits per heavy atom. The lowest BCUT2D eigenvalue weighted by Crippen LogP contribution is -2.30. The fourth-order valence-electron chi connectivity index (χ4n) is 2.60. The van der Waals surface area contributed by atoms with Crippen LogP contribution in [0, 0.1) is 13.8 Å². The van der Waals surface area contributed by atoms with Crippen molar-refractivity contribution >= 4 is 38.8 Å². The monoisotopic (exact) mass is 343 g/mol. The van der Waals surface area contributed by atoms with Crippen molar-refractivity contribution in [1.82, 2.24) is 9.55 Å². The molecule has 1 aromatic carbocycles. The predicted octanol–water partition coefficient (Wildman–Crippen LogP) is 2.95. The van der Waals surface area contributed by atoms with E-state index in [1.807, 2.05) is 44.2 Å². The topological polar surface area (TPSA) is 60.9 Å². The van der Waals surface area contributed by atoms with E-state index in [9.17, 15) is 4.79 Å². The third-order valence-electron chi connectivity index (χ3n) is 3.89. The molecule has 0 aliphatic carbocycles. The van der Waals surface area contributed by atoms with Crippen LogP contribution in [-0.2, 0) is 13.0 Å². The van der Waals surface area contributed by atoms with Gasteiger partial charge in [0.2, 0.25) is 0 Å². The van der Waals surface area contributed by atoms with Crippen molar-refractivity contribution in [3.63, 3.8) is 0 Å². The maximum absolute atomic E-state index is 12.9. The first-order valence-electron chi connectivity index (χ1n) is 7.29. The molecule has 0 amide bonds. The zero-order chi connectivity index (χ0) is 16.6. The first-order chi connectivity index (χ1) is 11.0. The molecule has 0 saturated heterocycles. The van der Waals surface area contributed by atoms with Crippen molar-refractivity contribution in [2.75, 3.05) is 0 Å². The number of nitrogens with two attached hydrogens (primary N) is 1. The lowest BCUT2D eigenvalue weighted by atomic mass is 10.1. The summed E-state index contributed by atoms with van der Waals surface area (Å²) in [6.07, 6.45) is 0.574. The third kappa shape index (κ3) is 3.04. The zero-order valence-corrected chi connectivity index (χ0v) is 14.6. The molecule has 0 radical (unpaired) electrons. The lowest BCUT2D eigenvalue weighted by Gasteiger charge is -2.12. The number of rotatable bonds is 4. The molecule has 0 aliphatic heterocycles. The van der Waals surface area contributed by atoms with Gasteiger partial charge < -0.3 is 5.73 Å². The summed E-state index contributed by atoms with van der Waals surface area (Å²) >= 11 is 6.57. The Balaban J connectivity index is 2.22. The van der Waals surface area contributed by atoms with Crippen LogP contribution in [-0.4, -0.2) is 14.5 Å². The quantitative estimate of drug-likeness (QED) is 0.740. The number of benzene rings is 1.